The van der Waals surface area contributed by atoms with Crippen LogP contribution in [0.25, 0.3) is 0 Å². The molecule has 3 aromatic rings. The molecule has 3 saturated heterocycles. The smallest absolute Gasteiger partial charge is 0.270 e. The first kappa shape index (κ1) is 38.4. The molecule has 1 saturated carbocycles. The summed E-state index contributed by atoms with van der Waals surface area (Å²) in [5, 5.41) is 14.9. The van der Waals surface area contributed by atoms with Crippen molar-refractivity contribution in [3.63, 3.8) is 0 Å². The van der Waals surface area contributed by atoms with Crippen LogP contribution in [0, 0.1) is 17.2 Å². The molecule has 8 rings (SSSR count). The van der Waals surface area contributed by atoms with E-state index in [1.54, 1.807) is 36.5 Å². The van der Waals surface area contributed by atoms with Crippen LogP contribution in [-0.2, 0) is 9.59 Å². The molecule has 1 atom stereocenters. The lowest BCUT2D eigenvalue weighted by molar-refractivity contribution is -0.136. The molecule has 57 heavy (non-hydrogen) atoms. The van der Waals surface area contributed by atoms with Gasteiger partial charge in [0.15, 0.2) is 0 Å². The van der Waals surface area contributed by atoms with Crippen LogP contribution in [0.3, 0.4) is 0 Å². The van der Waals surface area contributed by atoms with Crippen LogP contribution in [0.15, 0.2) is 54.7 Å². The van der Waals surface area contributed by atoms with Gasteiger partial charge in [0.1, 0.15) is 23.6 Å². The number of nitriles is 1. The molecule has 5 heterocycles. The van der Waals surface area contributed by atoms with Gasteiger partial charge < -0.3 is 19.9 Å². The van der Waals surface area contributed by atoms with E-state index < -0.39 is 29.7 Å². The zero-order valence-electron chi connectivity index (χ0n) is 31.6. The summed E-state index contributed by atoms with van der Waals surface area (Å²) in [5.41, 5.74) is 3.33. The largest absolute Gasteiger partial charge is 0.490 e. The highest BCUT2D eigenvalue weighted by Crippen LogP contribution is 2.32. The molecular formula is C42H45ClN8O6. The van der Waals surface area contributed by atoms with Crippen molar-refractivity contribution >= 4 is 52.5 Å². The normalized spacial score (nSPS) is 23.2. The number of carbonyl (C=O) groups excluding carboxylic acids is 5. The number of hydrogen-bond acceptors (Lipinski definition) is 11. The molecule has 5 aliphatic rings. The highest BCUT2D eigenvalue weighted by molar-refractivity contribution is 6.31. The Morgan fingerprint density at radius 1 is 0.842 bits per heavy atom. The number of amides is 5. The van der Waals surface area contributed by atoms with E-state index in [-0.39, 0.29) is 30.9 Å². The average molecular weight is 793 g/mol. The van der Waals surface area contributed by atoms with Gasteiger partial charge in [0.25, 0.3) is 17.7 Å². The molecule has 2 aromatic carbocycles. The topological polar surface area (TPSA) is 168 Å². The summed E-state index contributed by atoms with van der Waals surface area (Å²) < 4.78 is 6.09. The summed E-state index contributed by atoms with van der Waals surface area (Å²) in [7, 11) is 0. The Balaban J connectivity index is 0.753. The molecule has 4 fully saturated rings. The maximum atomic E-state index is 13.3. The monoisotopic (exact) mass is 792 g/mol. The second-order valence-corrected chi connectivity index (χ2v) is 16.0. The molecule has 1 aliphatic carbocycles. The first-order valence-corrected chi connectivity index (χ1v) is 20.2. The number of anilines is 2. The molecule has 4 aliphatic heterocycles. The van der Waals surface area contributed by atoms with Crippen molar-refractivity contribution in [3.8, 4) is 11.8 Å². The first-order valence-electron chi connectivity index (χ1n) is 19.8. The number of carbonyl (C=O) groups is 5. The predicted molar refractivity (Wildman–Crippen MR) is 211 cm³/mol. The summed E-state index contributed by atoms with van der Waals surface area (Å²) in [6.45, 7) is 6.26. The van der Waals surface area contributed by atoms with Gasteiger partial charge in [-0.1, -0.05) is 11.6 Å². The van der Waals surface area contributed by atoms with Crippen molar-refractivity contribution in [1.29, 1.82) is 5.26 Å². The fourth-order valence-electron chi connectivity index (χ4n) is 8.73. The Bertz CT molecular complexity index is 2100. The third-order valence-corrected chi connectivity index (χ3v) is 12.3. The highest BCUT2D eigenvalue weighted by Gasteiger charge is 2.45. The standard InChI is InChI=1S/C42H45ClN8O6/c43-35-22-32(6-1-27(35)23-44)57-31-7-2-28(3-8-31)46-39(53)36-10-5-30(24-45-36)49-15-13-26(14-16-49)25-48-17-19-50(20-18-48)29-4-9-33-34(21-29)42(56)51(41(33)55)37-11-12-38(52)47-40(37)54/h1,4-6,9-10,21-22,24,26,28,31,37H,2-3,7-8,11-20,25H2,(H,46,53)(H,47,52,54). The molecular weight excluding hydrogens is 748 g/mol. The summed E-state index contributed by atoms with van der Waals surface area (Å²) in [6.07, 6.45) is 7.41. The van der Waals surface area contributed by atoms with Gasteiger partial charge in [-0.15, -0.1) is 0 Å². The minimum absolute atomic E-state index is 0.0307. The Morgan fingerprint density at radius 3 is 2.25 bits per heavy atom. The van der Waals surface area contributed by atoms with Crippen molar-refractivity contribution < 1.29 is 28.7 Å². The van der Waals surface area contributed by atoms with Crippen LogP contribution >= 0.6 is 11.6 Å². The van der Waals surface area contributed by atoms with E-state index in [0.717, 1.165) is 101 Å². The number of piperazine rings is 1. The molecule has 296 valence electrons. The van der Waals surface area contributed by atoms with E-state index in [1.807, 2.05) is 18.2 Å². The van der Waals surface area contributed by atoms with Gasteiger partial charge in [-0.3, -0.25) is 39.1 Å². The van der Waals surface area contributed by atoms with E-state index in [1.165, 1.54) is 0 Å². The van der Waals surface area contributed by atoms with E-state index in [0.29, 0.717) is 39.1 Å². The van der Waals surface area contributed by atoms with Gasteiger partial charge in [0.2, 0.25) is 11.8 Å². The van der Waals surface area contributed by atoms with Crippen molar-refractivity contribution in [2.75, 3.05) is 55.6 Å². The summed E-state index contributed by atoms with van der Waals surface area (Å²) >= 11 is 6.15. The average Bonchev–Trinajstić information content (AvgIpc) is 3.47. The van der Waals surface area contributed by atoms with Crippen molar-refractivity contribution in [2.45, 2.75) is 69.6 Å². The fourth-order valence-corrected chi connectivity index (χ4v) is 8.94. The SMILES string of the molecule is N#Cc1ccc(OC2CCC(NC(=O)c3ccc(N4CCC(CN5CCN(c6ccc7c(c6)C(=O)N(C6CCC(=O)NC6=O)C7=O)CC5)CC4)cn3)CC2)cc1Cl. The Morgan fingerprint density at radius 2 is 1.56 bits per heavy atom. The molecule has 0 bridgehead atoms. The molecule has 1 unspecified atom stereocenters. The summed E-state index contributed by atoms with van der Waals surface area (Å²) in [5.74, 6) is -0.922. The lowest BCUT2D eigenvalue weighted by atomic mass is 9.92. The van der Waals surface area contributed by atoms with E-state index >= 15 is 0 Å². The number of rotatable bonds is 9. The number of nitrogens with one attached hydrogen (secondary N) is 2. The molecule has 0 radical (unpaired) electrons. The Hall–Kier alpha value is -5.52. The van der Waals surface area contributed by atoms with Gasteiger partial charge in [0, 0.05) is 70.0 Å². The number of fused-ring (bicyclic) bond motifs is 1. The Kier molecular flexibility index (Phi) is 11.1. The number of aromatic nitrogens is 1. The molecule has 2 N–H and O–H groups in total. The van der Waals surface area contributed by atoms with Crippen LogP contribution < -0.4 is 25.2 Å². The number of ether oxygens (including phenoxy) is 1. The maximum Gasteiger partial charge on any atom is 0.270 e. The summed E-state index contributed by atoms with van der Waals surface area (Å²) in [6, 6.07) is 15.4. The third kappa shape index (κ3) is 8.31. The van der Waals surface area contributed by atoms with Gasteiger partial charge >= 0.3 is 0 Å². The summed E-state index contributed by atoms with van der Waals surface area (Å²) in [4.78, 5) is 76.1. The lowest BCUT2D eigenvalue weighted by Gasteiger charge is -2.40. The second kappa shape index (κ2) is 16.5. The molecule has 0 spiro atoms. The van der Waals surface area contributed by atoms with Crippen LogP contribution in [0.5, 0.6) is 5.75 Å². The minimum atomic E-state index is -0.974. The zero-order chi connectivity index (χ0) is 39.6. The second-order valence-electron chi connectivity index (χ2n) is 15.6. The van der Waals surface area contributed by atoms with Gasteiger partial charge in [-0.25, -0.2) is 4.98 Å². The number of halogens is 1. The quantitative estimate of drug-likeness (QED) is 0.299. The number of pyridine rings is 1. The number of hydrogen-bond donors (Lipinski definition) is 2. The van der Waals surface area contributed by atoms with E-state index in [9.17, 15) is 24.0 Å². The van der Waals surface area contributed by atoms with Gasteiger partial charge in [-0.2, -0.15) is 5.26 Å². The predicted octanol–water partition coefficient (Wildman–Crippen LogP) is 4.17. The molecule has 15 heteroatoms. The molecule has 14 nitrogen and oxygen atoms in total. The van der Waals surface area contributed by atoms with Crippen molar-refractivity contribution in [1.82, 2.24) is 25.4 Å². The minimum Gasteiger partial charge on any atom is -0.490 e. The number of imide groups is 2. The van der Waals surface area contributed by atoms with Crippen molar-refractivity contribution in [2.24, 2.45) is 5.92 Å². The third-order valence-electron chi connectivity index (χ3n) is 12.0. The van der Waals surface area contributed by atoms with E-state index in [2.05, 4.69) is 36.4 Å². The van der Waals surface area contributed by atoms with Crippen LogP contribution in [0.1, 0.15) is 88.1 Å². The van der Waals surface area contributed by atoms with Gasteiger partial charge in [0.05, 0.1) is 39.7 Å². The molecule has 1 aromatic heterocycles. The number of benzene rings is 2. The van der Waals surface area contributed by atoms with Crippen LogP contribution in [0.2, 0.25) is 5.02 Å². The van der Waals surface area contributed by atoms with Crippen molar-refractivity contribution in [3.05, 3.63) is 82.1 Å². The zero-order valence-corrected chi connectivity index (χ0v) is 32.4. The number of nitrogens with zero attached hydrogens (tertiary/aromatic N) is 6. The first-order chi connectivity index (χ1) is 27.6. The van der Waals surface area contributed by atoms with Crippen LogP contribution in [-0.4, -0.2) is 108 Å². The maximum absolute atomic E-state index is 13.3. The van der Waals surface area contributed by atoms with Crippen LogP contribution in [0.4, 0.5) is 11.4 Å². The fraction of sp³-hybridized carbons (Fsp3) is 0.452. The van der Waals surface area contributed by atoms with E-state index in [4.69, 9.17) is 21.6 Å². The molecule has 5 amide bonds. The Labute approximate surface area is 336 Å². The highest BCUT2D eigenvalue weighted by atomic mass is 35.5. The number of piperidine rings is 2. The van der Waals surface area contributed by atoms with Gasteiger partial charge in [-0.05, 0) is 93.3 Å². The lowest BCUT2D eigenvalue weighted by Crippen LogP contribution is -2.54.